The zero-order valence-electron chi connectivity index (χ0n) is 16.7. The lowest BCUT2D eigenvalue weighted by Crippen LogP contribution is -2.41. The van der Waals surface area contributed by atoms with Crippen LogP contribution in [0.25, 0.3) is 6.08 Å². The van der Waals surface area contributed by atoms with Crippen LogP contribution in [0, 0.1) is 5.92 Å². The van der Waals surface area contributed by atoms with E-state index < -0.39 is 0 Å². The van der Waals surface area contributed by atoms with Gasteiger partial charge in [0, 0.05) is 25.7 Å². The molecule has 0 radical (unpaired) electrons. The average Bonchev–Trinajstić information content (AvgIpc) is 3.29. The Hall–Kier alpha value is -3.22. The minimum absolute atomic E-state index is 0.0231. The van der Waals surface area contributed by atoms with Crippen LogP contribution in [0.4, 0.5) is 0 Å². The standard InChI is InChI=1S/C22H26N2O5/c1-27-19-7-3-6-18(21(19)28-2)22(26)23-15-16-10-12-24(13-11-16)20(25)9-8-17-5-4-14-29-17/h3-9,14,16H,10-13,15H2,1-2H3,(H,23,26)/b9-8+. The average molecular weight is 398 g/mol. The Morgan fingerprint density at radius 1 is 1.17 bits per heavy atom. The fourth-order valence-electron chi connectivity index (χ4n) is 3.40. The van der Waals surface area contributed by atoms with Gasteiger partial charge < -0.3 is 24.1 Å². The molecular weight excluding hydrogens is 372 g/mol. The summed E-state index contributed by atoms with van der Waals surface area (Å²) in [6, 6.07) is 8.81. The van der Waals surface area contributed by atoms with Crippen molar-refractivity contribution < 1.29 is 23.5 Å². The molecule has 0 saturated carbocycles. The Kier molecular flexibility index (Phi) is 6.94. The number of ether oxygens (including phenoxy) is 2. The summed E-state index contributed by atoms with van der Waals surface area (Å²) in [5, 5.41) is 2.98. The molecule has 2 heterocycles. The van der Waals surface area contributed by atoms with Gasteiger partial charge in [-0.15, -0.1) is 0 Å². The van der Waals surface area contributed by atoms with E-state index >= 15 is 0 Å². The molecule has 1 aliphatic rings. The highest BCUT2D eigenvalue weighted by Crippen LogP contribution is 2.30. The first-order valence-electron chi connectivity index (χ1n) is 9.62. The number of hydrogen-bond acceptors (Lipinski definition) is 5. The molecule has 2 aromatic rings. The van der Waals surface area contributed by atoms with Crippen molar-refractivity contribution >= 4 is 17.9 Å². The monoisotopic (exact) mass is 398 g/mol. The van der Waals surface area contributed by atoms with E-state index in [0.29, 0.717) is 48.4 Å². The fraction of sp³-hybridized carbons (Fsp3) is 0.364. The van der Waals surface area contributed by atoms with Crippen molar-refractivity contribution in [2.45, 2.75) is 12.8 Å². The van der Waals surface area contributed by atoms with Gasteiger partial charge in [-0.25, -0.2) is 0 Å². The van der Waals surface area contributed by atoms with E-state index in [9.17, 15) is 9.59 Å². The van der Waals surface area contributed by atoms with Crippen LogP contribution >= 0.6 is 0 Å². The van der Waals surface area contributed by atoms with Crippen molar-refractivity contribution in [1.29, 1.82) is 0 Å². The summed E-state index contributed by atoms with van der Waals surface area (Å²) in [6.45, 7) is 1.90. The summed E-state index contributed by atoms with van der Waals surface area (Å²) in [7, 11) is 3.06. The molecule has 7 nitrogen and oxygen atoms in total. The zero-order valence-corrected chi connectivity index (χ0v) is 16.7. The molecule has 1 N–H and O–H groups in total. The number of hydrogen-bond donors (Lipinski definition) is 1. The first-order valence-corrected chi connectivity index (χ1v) is 9.62. The lowest BCUT2D eigenvalue weighted by atomic mass is 9.96. The largest absolute Gasteiger partial charge is 0.493 e. The maximum Gasteiger partial charge on any atom is 0.255 e. The number of nitrogens with one attached hydrogen (secondary N) is 1. The van der Waals surface area contributed by atoms with Crippen molar-refractivity contribution in [2.24, 2.45) is 5.92 Å². The molecule has 154 valence electrons. The predicted octanol–water partition coefficient (Wildman–Crippen LogP) is 2.98. The molecule has 3 rings (SSSR count). The second-order valence-corrected chi connectivity index (χ2v) is 6.87. The first-order chi connectivity index (χ1) is 14.1. The molecule has 0 bridgehead atoms. The fourth-order valence-corrected chi connectivity index (χ4v) is 3.40. The lowest BCUT2D eigenvalue weighted by Gasteiger charge is -2.31. The van der Waals surface area contributed by atoms with Gasteiger partial charge in [0.15, 0.2) is 11.5 Å². The Bertz CT molecular complexity index is 852. The predicted molar refractivity (Wildman–Crippen MR) is 109 cm³/mol. The van der Waals surface area contributed by atoms with Gasteiger partial charge in [-0.3, -0.25) is 9.59 Å². The molecule has 0 aliphatic carbocycles. The highest BCUT2D eigenvalue weighted by Gasteiger charge is 2.23. The van der Waals surface area contributed by atoms with Crippen LogP contribution in [0.15, 0.2) is 47.1 Å². The second kappa shape index (κ2) is 9.82. The van der Waals surface area contributed by atoms with Crippen LogP contribution < -0.4 is 14.8 Å². The Morgan fingerprint density at radius 2 is 1.97 bits per heavy atom. The summed E-state index contributed by atoms with van der Waals surface area (Å²) < 4.78 is 15.8. The quantitative estimate of drug-likeness (QED) is 0.725. The van der Waals surface area contributed by atoms with E-state index in [0.717, 1.165) is 12.8 Å². The molecule has 0 atom stereocenters. The van der Waals surface area contributed by atoms with Gasteiger partial charge in [0.2, 0.25) is 5.91 Å². The lowest BCUT2D eigenvalue weighted by molar-refractivity contribution is -0.127. The summed E-state index contributed by atoms with van der Waals surface area (Å²) in [5.41, 5.74) is 0.447. The first kappa shape index (κ1) is 20.5. The van der Waals surface area contributed by atoms with Crippen LogP contribution in [-0.4, -0.2) is 50.6 Å². The number of piperidine rings is 1. The van der Waals surface area contributed by atoms with Gasteiger partial charge >= 0.3 is 0 Å². The van der Waals surface area contributed by atoms with Gasteiger partial charge in [0.1, 0.15) is 5.76 Å². The minimum Gasteiger partial charge on any atom is -0.493 e. The molecule has 0 spiro atoms. The molecule has 0 unspecified atom stereocenters. The molecule has 1 aromatic heterocycles. The van der Waals surface area contributed by atoms with Gasteiger partial charge in [0.25, 0.3) is 5.91 Å². The van der Waals surface area contributed by atoms with Crippen molar-refractivity contribution in [3.8, 4) is 11.5 Å². The Labute approximate surface area is 170 Å². The maximum atomic E-state index is 12.6. The van der Waals surface area contributed by atoms with Crippen LogP contribution in [0.1, 0.15) is 29.0 Å². The number of carbonyl (C=O) groups excluding carboxylic acids is 2. The summed E-state index contributed by atoms with van der Waals surface area (Å²) in [5.74, 6) is 1.72. The van der Waals surface area contributed by atoms with E-state index in [-0.39, 0.29) is 11.8 Å². The number of likely N-dealkylation sites (tertiary alicyclic amines) is 1. The number of rotatable bonds is 7. The topological polar surface area (TPSA) is 81.0 Å². The highest BCUT2D eigenvalue weighted by molar-refractivity contribution is 5.97. The van der Waals surface area contributed by atoms with Crippen LogP contribution in [0.3, 0.4) is 0 Å². The van der Waals surface area contributed by atoms with Crippen molar-refractivity contribution in [2.75, 3.05) is 33.9 Å². The van der Waals surface area contributed by atoms with Crippen LogP contribution in [-0.2, 0) is 4.79 Å². The third-order valence-electron chi connectivity index (χ3n) is 5.06. The van der Waals surface area contributed by atoms with Gasteiger partial charge in [-0.05, 0) is 49.1 Å². The zero-order chi connectivity index (χ0) is 20.6. The normalized spacial score (nSPS) is 14.8. The molecule has 29 heavy (non-hydrogen) atoms. The number of carbonyl (C=O) groups is 2. The SMILES string of the molecule is COc1cccc(C(=O)NCC2CCN(C(=O)/C=C/c3ccco3)CC2)c1OC. The van der Waals surface area contributed by atoms with Gasteiger partial charge in [-0.2, -0.15) is 0 Å². The summed E-state index contributed by atoms with van der Waals surface area (Å²) in [4.78, 5) is 26.7. The van der Waals surface area contributed by atoms with E-state index in [1.54, 1.807) is 49.8 Å². The number of nitrogens with zero attached hydrogens (tertiary/aromatic N) is 1. The van der Waals surface area contributed by atoms with E-state index in [4.69, 9.17) is 13.9 Å². The van der Waals surface area contributed by atoms with Crippen molar-refractivity contribution in [3.05, 3.63) is 54.0 Å². The molecule has 1 aliphatic heterocycles. The van der Waals surface area contributed by atoms with Crippen molar-refractivity contribution in [3.63, 3.8) is 0 Å². The second-order valence-electron chi connectivity index (χ2n) is 6.87. The molecule has 1 fully saturated rings. The molecule has 1 saturated heterocycles. The third kappa shape index (κ3) is 5.19. The molecule has 2 amide bonds. The number of para-hydroxylation sites is 1. The minimum atomic E-state index is -0.194. The van der Waals surface area contributed by atoms with Crippen LogP contribution in [0.5, 0.6) is 11.5 Å². The van der Waals surface area contributed by atoms with E-state index in [1.807, 2.05) is 4.90 Å². The number of methoxy groups -OCH3 is 2. The van der Waals surface area contributed by atoms with Crippen LogP contribution in [0.2, 0.25) is 0 Å². The number of benzene rings is 1. The third-order valence-corrected chi connectivity index (χ3v) is 5.06. The molecular formula is C22H26N2O5. The smallest absolute Gasteiger partial charge is 0.255 e. The number of amides is 2. The summed E-state index contributed by atoms with van der Waals surface area (Å²) in [6.07, 6.45) is 6.48. The number of furan rings is 1. The molecule has 7 heteroatoms. The highest BCUT2D eigenvalue weighted by atomic mass is 16.5. The molecule has 1 aromatic carbocycles. The van der Waals surface area contributed by atoms with Crippen molar-refractivity contribution in [1.82, 2.24) is 10.2 Å². The van der Waals surface area contributed by atoms with E-state index in [2.05, 4.69) is 5.32 Å². The maximum absolute atomic E-state index is 12.6. The van der Waals surface area contributed by atoms with Gasteiger partial charge in [0.05, 0.1) is 26.0 Å². The summed E-state index contributed by atoms with van der Waals surface area (Å²) >= 11 is 0. The Morgan fingerprint density at radius 3 is 2.62 bits per heavy atom. The Balaban J connectivity index is 1.48. The van der Waals surface area contributed by atoms with E-state index in [1.165, 1.54) is 13.2 Å². The van der Waals surface area contributed by atoms with Gasteiger partial charge in [-0.1, -0.05) is 6.07 Å².